The van der Waals surface area contributed by atoms with Crippen LogP contribution >= 0.6 is 0 Å². The van der Waals surface area contributed by atoms with Gasteiger partial charge in [-0.25, -0.2) is 9.97 Å². The SMILES string of the molecule is CC1CC2C(=O)Nc3c(N4CCc5c([nH]c6ccccc56)C4)ncnc3N2C1. The predicted octanol–water partition coefficient (Wildman–Crippen LogP) is 2.69. The Balaban J connectivity index is 1.40. The number of carbonyl (C=O) groups excluding carboxylic acids is 1. The molecule has 28 heavy (non-hydrogen) atoms. The molecule has 7 nitrogen and oxygen atoms in total. The van der Waals surface area contributed by atoms with Gasteiger partial charge in [0.1, 0.15) is 18.1 Å². The largest absolute Gasteiger partial charge is 0.357 e. The van der Waals surface area contributed by atoms with Gasteiger partial charge >= 0.3 is 0 Å². The number of rotatable bonds is 1. The molecule has 0 spiro atoms. The second-order valence-corrected chi connectivity index (χ2v) is 8.19. The number of nitrogens with one attached hydrogen (secondary N) is 2. The molecular formula is C21H22N6O. The average molecular weight is 374 g/mol. The van der Waals surface area contributed by atoms with Crippen LogP contribution in [0.3, 0.4) is 0 Å². The zero-order chi connectivity index (χ0) is 18.8. The third kappa shape index (κ3) is 2.19. The second-order valence-electron chi connectivity index (χ2n) is 8.19. The number of hydrogen-bond acceptors (Lipinski definition) is 5. The number of para-hydroxylation sites is 1. The average Bonchev–Trinajstić information content (AvgIpc) is 3.28. The molecule has 3 aliphatic rings. The summed E-state index contributed by atoms with van der Waals surface area (Å²) in [5.74, 6) is 2.24. The molecule has 0 aliphatic carbocycles. The molecule has 2 aromatic heterocycles. The normalized spacial score (nSPS) is 23.4. The molecule has 0 radical (unpaired) electrons. The van der Waals surface area contributed by atoms with Crippen molar-refractivity contribution < 1.29 is 4.79 Å². The molecule has 3 aliphatic heterocycles. The maximum absolute atomic E-state index is 12.7. The molecule has 0 bridgehead atoms. The lowest BCUT2D eigenvalue weighted by molar-refractivity contribution is -0.117. The van der Waals surface area contributed by atoms with Gasteiger partial charge in [-0.2, -0.15) is 0 Å². The number of aromatic amines is 1. The van der Waals surface area contributed by atoms with Gasteiger partial charge in [0.25, 0.3) is 0 Å². The minimum atomic E-state index is -0.105. The minimum Gasteiger partial charge on any atom is -0.357 e. The monoisotopic (exact) mass is 374 g/mol. The maximum Gasteiger partial charge on any atom is 0.247 e. The van der Waals surface area contributed by atoms with Crippen LogP contribution < -0.4 is 15.1 Å². The molecular weight excluding hydrogens is 352 g/mol. The number of H-pyrrole nitrogens is 1. The van der Waals surface area contributed by atoms with Crippen molar-refractivity contribution in [1.82, 2.24) is 15.0 Å². The van der Waals surface area contributed by atoms with Gasteiger partial charge in [0.05, 0.1) is 6.54 Å². The number of anilines is 3. The number of aromatic nitrogens is 3. The highest BCUT2D eigenvalue weighted by Gasteiger charge is 2.42. The molecule has 2 unspecified atom stereocenters. The summed E-state index contributed by atoms with van der Waals surface area (Å²) in [6, 6.07) is 8.35. The molecule has 1 saturated heterocycles. The number of benzene rings is 1. The van der Waals surface area contributed by atoms with Gasteiger partial charge in [0.15, 0.2) is 11.6 Å². The van der Waals surface area contributed by atoms with Crippen molar-refractivity contribution in [2.24, 2.45) is 5.92 Å². The summed E-state index contributed by atoms with van der Waals surface area (Å²) in [5, 5.41) is 4.42. The predicted molar refractivity (Wildman–Crippen MR) is 109 cm³/mol. The molecule has 1 aromatic carbocycles. The summed E-state index contributed by atoms with van der Waals surface area (Å²) in [4.78, 5) is 29.8. The fourth-order valence-electron chi connectivity index (χ4n) is 5.05. The van der Waals surface area contributed by atoms with Gasteiger partial charge in [-0.05, 0) is 30.4 Å². The summed E-state index contributed by atoms with van der Waals surface area (Å²) in [7, 11) is 0. The van der Waals surface area contributed by atoms with Crippen molar-refractivity contribution in [2.45, 2.75) is 32.4 Å². The van der Waals surface area contributed by atoms with Crippen LogP contribution in [0.4, 0.5) is 17.3 Å². The lowest BCUT2D eigenvalue weighted by Crippen LogP contribution is -2.45. The Morgan fingerprint density at radius 1 is 1.18 bits per heavy atom. The van der Waals surface area contributed by atoms with Gasteiger partial charge in [-0.3, -0.25) is 4.79 Å². The number of fused-ring (bicyclic) bond motifs is 6. The van der Waals surface area contributed by atoms with E-state index in [1.54, 1.807) is 6.33 Å². The van der Waals surface area contributed by atoms with Gasteiger partial charge < -0.3 is 20.1 Å². The van der Waals surface area contributed by atoms with Crippen molar-refractivity contribution in [3.8, 4) is 0 Å². The van der Waals surface area contributed by atoms with Crippen molar-refractivity contribution in [3.05, 3.63) is 41.9 Å². The molecule has 6 rings (SSSR count). The summed E-state index contributed by atoms with van der Waals surface area (Å²) in [5.41, 5.74) is 4.57. The van der Waals surface area contributed by atoms with E-state index in [1.165, 1.54) is 22.2 Å². The number of nitrogens with zero attached hydrogens (tertiary/aromatic N) is 4. The summed E-state index contributed by atoms with van der Waals surface area (Å²) in [6.07, 6.45) is 3.47. The van der Waals surface area contributed by atoms with Crippen molar-refractivity contribution in [3.63, 3.8) is 0 Å². The Morgan fingerprint density at radius 2 is 2.04 bits per heavy atom. The number of hydrogen-bond donors (Lipinski definition) is 2. The van der Waals surface area contributed by atoms with E-state index in [0.717, 1.165) is 49.8 Å². The Labute approximate surface area is 162 Å². The van der Waals surface area contributed by atoms with Crippen LogP contribution in [0.25, 0.3) is 10.9 Å². The van der Waals surface area contributed by atoms with E-state index in [2.05, 4.69) is 61.3 Å². The second kappa shape index (κ2) is 5.70. The standard InChI is InChI=1S/C21H22N6O/c1-12-8-17-21(28)25-18-19(22-11-23-20(18)27(17)9-12)26-7-6-14-13-4-2-3-5-15(13)24-16(14)10-26/h2-5,11-12,17,24H,6-10H2,1H3,(H,25,28). The Hall–Kier alpha value is -3.09. The first-order valence-corrected chi connectivity index (χ1v) is 9.95. The van der Waals surface area contributed by atoms with E-state index < -0.39 is 0 Å². The zero-order valence-electron chi connectivity index (χ0n) is 15.8. The van der Waals surface area contributed by atoms with Gasteiger partial charge in [0.2, 0.25) is 5.91 Å². The zero-order valence-corrected chi connectivity index (χ0v) is 15.8. The fourth-order valence-corrected chi connectivity index (χ4v) is 5.05. The maximum atomic E-state index is 12.7. The Morgan fingerprint density at radius 3 is 2.96 bits per heavy atom. The third-order valence-electron chi connectivity index (χ3n) is 6.32. The third-order valence-corrected chi connectivity index (χ3v) is 6.32. The summed E-state index contributed by atoms with van der Waals surface area (Å²) in [6.45, 7) is 4.68. The van der Waals surface area contributed by atoms with Gasteiger partial charge in [0, 0.05) is 29.7 Å². The minimum absolute atomic E-state index is 0.0659. The summed E-state index contributed by atoms with van der Waals surface area (Å²) >= 11 is 0. The van der Waals surface area contributed by atoms with E-state index in [1.807, 2.05) is 0 Å². The number of amides is 1. The first-order valence-electron chi connectivity index (χ1n) is 9.95. The van der Waals surface area contributed by atoms with E-state index >= 15 is 0 Å². The van der Waals surface area contributed by atoms with E-state index in [-0.39, 0.29) is 11.9 Å². The molecule has 1 fully saturated rings. The van der Waals surface area contributed by atoms with Crippen LogP contribution in [-0.2, 0) is 17.8 Å². The van der Waals surface area contributed by atoms with Crippen LogP contribution in [0.5, 0.6) is 0 Å². The van der Waals surface area contributed by atoms with Crippen molar-refractivity contribution in [1.29, 1.82) is 0 Å². The fraction of sp³-hybridized carbons (Fsp3) is 0.381. The highest BCUT2D eigenvalue weighted by Crippen LogP contribution is 2.42. The lowest BCUT2D eigenvalue weighted by atomic mass is 10.0. The molecule has 5 heterocycles. The Kier molecular flexibility index (Phi) is 3.24. The smallest absolute Gasteiger partial charge is 0.247 e. The van der Waals surface area contributed by atoms with E-state index in [9.17, 15) is 4.79 Å². The molecule has 7 heteroatoms. The number of carbonyl (C=O) groups is 1. The van der Waals surface area contributed by atoms with E-state index in [4.69, 9.17) is 0 Å². The molecule has 1 amide bonds. The van der Waals surface area contributed by atoms with Crippen LogP contribution in [0, 0.1) is 5.92 Å². The molecule has 2 N–H and O–H groups in total. The van der Waals surface area contributed by atoms with Crippen LogP contribution in [0.1, 0.15) is 24.6 Å². The van der Waals surface area contributed by atoms with Crippen LogP contribution in [0.15, 0.2) is 30.6 Å². The van der Waals surface area contributed by atoms with Crippen LogP contribution in [0.2, 0.25) is 0 Å². The first-order chi connectivity index (χ1) is 13.7. The topological polar surface area (TPSA) is 77.1 Å². The molecule has 3 aromatic rings. The summed E-state index contributed by atoms with van der Waals surface area (Å²) < 4.78 is 0. The van der Waals surface area contributed by atoms with Gasteiger partial charge in [-0.1, -0.05) is 25.1 Å². The lowest BCUT2D eigenvalue weighted by Gasteiger charge is -2.35. The molecule has 142 valence electrons. The van der Waals surface area contributed by atoms with Crippen molar-refractivity contribution >= 4 is 34.1 Å². The quantitative estimate of drug-likeness (QED) is 0.685. The highest BCUT2D eigenvalue weighted by molar-refractivity contribution is 6.06. The van der Waals surface area contributed by atoms with Crippen molar-refractivity contribution in [2.75, 3.05) is 28.2 Å². The Bertz CT molecular complexity index is 1110. The van der Waals surface area contributed by atoms with Crippen LogP contribution in [-0.4, -0.2) is 40.0 Å². The highest BCUT2D eigenvalue weighted by atomic mass is 16.2. The molecule has 2 atom stereocenters. The first kappa shape index (κ1) is 15.9. The van der Waals surface area contributed by atoms with E-state index in [0.29, 0.717) is 5.92 Å². The molecule has 0 saturated carbocycles. The van der Waals surface area contributed by atoms with Gasteiger partial charge in [-0.15, -0.1) is 0 Å².